The van der Waals surface area contributed by atoms with Crippen molar-refractivity contribution in [3.8, 4) is 0 Å². The van der Waals surface area contributed by atoms with Crippen LogP contribution in [-0.4, -0.2) is 29.1 Å². The zero-order valence-electron chi connectivity index (χ0n) is 14.8. The summed E-state index contributed by atoms with van der Waals surface area (Å²) in [4.78, 5) is 0.963. The van der Waals surface area contributed by atoms with E-state index in [0.29, 0.717) is 11.2 Å². The average molecular weight is 384 g/mol. The molecular weight excluding hydrogens is 358 g/mol. The molecule has 4 rings (SSSR count). The van der Waals surface area contributed by atoms with Gasteiger partial charge in [0.1, 0.15) is 0 Å². The van der Waals surface area contributed by atoms with E-state index < -0.39 is 0 Å². The van der Waals surface area contributed by atoms with Crippen LogP contribution in [0.4, 0.5) is 5.69 Å². The summed E-state index contributed by atoms with van der Waals surface area (Å²) >= 11 is 7.91. The van der Waals surface area contributed by atoms with Crippen LogP contribution in [0.25, 0.3) is 0 Å². The van der Waals surface area contributed by atoms with Crippen molar-refractivity contribution in [1.29, 1.82) is 0 Å². The highest BCUT2D eigenvalue weighted by molar-refractivity contribution is 8.00. The predicted molar refractivity (Wildman–Crippen MR) is 116 cm³/mol. The molecule has 0 saturated carbocycles. The van der Waals surface area contributed by atoms with Crippen molar-refractivity contribution in [2.24, 2.45) is 0 Å². The van der Waals surface area contributed by atoms with E-state index in [4.69, 9.17) is 18.0 Å². The summed E-state index contributed by atoms with van der Waals surface area (Å²) in [5, 5.41) is 7.81. The van der Waals surface area contributed by atoms with Gasteiger partial charge in [-0.3, -0.25) is 0 Å². The lowest BCUT2D eigenvalue weighted by atomic mass is 9.81. The zero-order valence-corrected chi connectivity index (χ0v) is 16.4. The normalized spacial score (nSPS) is 25.4. The van der Waals surface area contributed by atoms with E-state index in [1.807, 2.05) is 18.2 Å². The van der Waals surface area contributed by atoms with Crippen LogP contribution in [0.3, 0.4) is 0 Å². The van der Waals surface area contributed by atoms with Crippen LogP contribution >= 0.6 is 24.0 Å². The van der Waals surface area contributed by atoms with Gasteiger partial charge in [-0.25, -0.2) is 0 Å². The van der Waals surface area contributed by atoms with Gasteiger partial charge < -0.3 is 16.4 Å². The molecule has 3 nitrogen and oxygen atoms in total. The molecule has 0 aliphatic carbocycles. The number of benzene rings is 2. The topological polar surface area (TPSA) is 50.1 Å². The fourth-order valence-corrected chi connectivity index (χ4v) is 5.50. The van der Waals surface area contributed by atoms with Crippen LogP contribution in [0.15, 0.2) is 48.5 Å². The molecule has 1 fully saturated rings. The van der Waals surface area contributed by atoms with Crippen LogP contribution < -0.4 is 16.4 Å². The van der Waals surface area contributed by atoms with E-state index in [0.717, 1.165) is 30.2 Å². The molecule has 0 bridgehead atoms. The monoisotopic (exact) mass is 383 g/mol. The third-order valence-electron chi connectivity index (χ3n) is 5.31. The van der Waals surface area contributed by atoms with Crippen LogP contribution in [0.2, 0.25) is 0 Å². The lowest BCUT2D eigenvalue weighted by Gasteiger charge is -2.35. The highest BCUT2D eigenvalue weighted by Crippen LogP contribution is 2.38. The molecule has 0 aromatic heterocycles. The number of nitrogen functional groups attached to an aromatic ring is 1. The molecule has 3 atom stereocenters. The van der Waals surface area contributed by atoms with E-state index in [-0.39, 0.29) is 6.04 Å². The number of thioether (sulfide) groups is 1. The predicted octanol–water partition coefficient (Wildman–Crippen LogP) is 3.86. The Morgan fingerprint density at radius 1 is 1.08 bits per heavy atom. The Bertz CT molecular complexity index is 786. The van der Waals surface area contributed by atoms with Gasteiger partial charge >= 0.3 is 0 Å². The number of hydrogen-bond acceptors (Lipinski definition) is 4. The Hall–Kier alpha value is -1.56. The van der Waals surface area contributed by atoms with Gasteiger partial charge in [0.2, 0.25) is 0 Å². The number of nitrogens with two attached hydrogens (primary N) is 1. The smallest absolute Gasteiger partial charge is 0.0836 e. The number of fused-ring (bicyclic) bond motifs is 1. The second kappa shape index (κ2) is 7.99. The van der Waals surface area contributed by atoms with E-state index in [2.05, 4.69) is 52.7 Å². The largest absolute Gasteiger partial charge is 0.399 e. The fraction of sp³-hybridized carbons (Fsp3) is 0.381. The Balaban J connectivity index is 1.58. The van der Waals surface area contributed by atoms with Crippen molar-refractivity contribution in [3.05, 3.63) is 65.2 Å². The number of rotatable bonds is 4. The molecule has 5 heteroatoms. The summed E-state index contributed by atoms with van der Waals surface area (Å²) in [5.74, 6) is 1.52. The van der Waals surface area contributed by atoms with Crippen LogP contribution in [-0.2, 0) is 0 Å². The van der Waals surface area contributed by atoms with Crippen LogP contribution in [0.1, 0.15) is 41.5 Å². The Morgan fingerprint density at radius 3 is 2.69 bits per heavy atom. The van der Waals surface area contributed by atoms with Crippen molar-refractivity contribution in [1.82, 2.24) is 10.6 Å². The molecule has 2 heterocycles. The Labute approximate surface area is 165 Å². The van der Waals surface area contributed by atoms with Crippen molar-refractivity contribution in [2.45, 2.75) is 30.1 Å². The summed E-state index contributed by atoms with van der Waals surface area (Å²) in [7, 11) is 0. The molecule has 0 spiro atoms. The van der Waals surface area contributed by atoms with Gasteiger partial charge in [-0.2, -0.15) is 11.8 Å². The maximum atomic E-state index is 6.01. The minimum Gasteiger partial charge on any atom is -0.399 e. The SMILES string of the molecule is Nc1cccc(C2NC(=S)C(CCC3CNCCS3)c3ccccc32)c1. The van der Waals surface area contributed by atoms with Crippen molar-refractivity contribution in [2.75, 3.05) is 24.6 Å². The van der Waals surface area contributed by atoms with E-state index in [1.54, 1.807) is 0 Å². The Morgan fingerprint density at radius 2 is 1.92 bits per heavy atom. The van der Waals surface area contributed by atoms with Gasteiger partial charge in [0.05, 0.1) is 11.0 Å². The van der Waals surface area contributed by atoms with Crippen molar-refractivity contribution >= 4 is 34.7 Å². The summed E-state index contributed by atoms with van der Waals surface area (Å²) in [6.07, 6.45) is 2.30. The van der Waals surface area contributed by atoms with E-state index >= 15 is 0 Å². The molecule has 136 valence electrons. The standard InChI is InChI=1S/C21H25N3S2/c22-15-5-3-4-14(12-15)20-18-7-2-1-6-17(18)19(21(25)24-20)9-8-16-13-23-10-11-26-16/h1-7,12,16,19-20,23H,8-11,13,22H2,(H,24,25). The lowest BCUT2D eigenvalue weighted by Crippen LogP contribution is -2.39. The minimum absolute atomic E-state index is 0.0872. The third kappa shape index (κ3) is 3.75. The van der Waals surface area contributed by atoms with Crippen molar-refractivity contribution in [3.63, 3.8) is 0 Å². The first-order chi connectivity index (χ1) is 12.7. The molecule has 3 unspecified atom stereocenters. The van der Waals surface area contributed by atoms with Gasteiger partial charge in [0.15, 0.2) is 0 Å². The second-order valence-corrected chi connectivity index (χ2v) is 8.92. The van der Waals surface area contributed by atoms with Gasteiger partial charge in [-0.15, -0.1) is 0 Å². The summed E-state index contributed by atoms with van der Waals surface area (Å²) < 4.78 is 0. The third-order valence-corrected chi connectivity index (χ3v) is 7.03. The van der Waals surface area contributed by atoms with Gasteiger partial charge in [0.25, 0.3) is 0 Å². The fourth-order valence-electron chi connectivity index (χ4n) is 4.00. The lowest BCUT2D eigenvalue weighted by molar-refractivity contribution is 0.583. The molecule has 1 saturated heterocycles. The average Bonchev–Trinajstić information content (AvgIpc) is 2.67. The van der Waals surface area contributed by atoms with Crippen molar-refractivity contribution < 1.29 is 0 Å². The van der Waals surface area contributed by atoms with Crippen LogP contribution in [0.5, 0.6) is 0 Å². The zero-order chi connectivity index (χ0) is 17.9. The summed E-state index contributed by atoms with van der Waals surface area (Å²) in [6.45, 7) is 2.25. The molecule has 26 heavy (non-hydrogen) atoms. The molecule has 2 aromatic rings. The first-order valence-electron chi connectivity index (χ1n) is 9.29. The molecule has 2 aromatic carbocycles. The van der Waals surface area contributed by atoms with E-state index in [9.17, 15) is 0 Å². The second-order valence-electron chi connectivity index (χ2n) is 7.07. The van der Waals surface area contributed by atoms with E-state index in [1.165, 1.54) is 28.9 Å². The van der Waals surface area contributed by atoms with Gasteiger partial charge in [0, 0.05) is 35.7 Å². The number of thiocarbonyl (C=S) groups is 1. The maximum absolute atomic E-state index is 6.01. The molecular formula is C21H25N3S2. The quantitative estimate of drug-likeness (QED) is 0.553. The highest BCUT2D eigenvalue weighted by atomic mass is 32.2. The molecule has 2 aliphatic heterocycles. The summed E-state index contributed by atoms with van der Waals surface area (Å²) in [5.41, 5.74) is 10.7. The Kier molecular flexibility index (Phi) is 5.48. The number of nitrogens with one attached hydrogen (secondary N) is 2. The molecule has 0 amide bonds. The van der Waals surface area contributed by atoms with Gasteiger partial charge in [-0.1, -0.05) is 48.6 Å². The molecule has 4 N–H and O–H groups in total. The first kappa shape index (κ1) is 17.8. The molecule has 0 radical (unpaired) electrons. The minimum atomic E-state index is 0.0872. The van der Waals surface area contributed by atoms with Crippen LogP contribution in [0, 0.1) is 0 Å². The summed E-state index contributed by atoms with van der Waals surface area (Å²) in [6, 6.07) is 16.9. The van der Waals surface area contributed by atoms with Gasteiger partial charge in [-0.05, 0) is 41.7 Å². The highest BCUT2D eigenvalue weighted by Gasteiger charge is 2.31. The number of hydrogen-bond donors (Lipinski definition) is 3. The number of anilines is 1. The first-order valence-corrected chi connectivity index (χ1v) is 10.7. The maximum Gasteiger partial charge on any atom is 0.0836 e. The molecule has 2 aliphatic rings.